The highest BCUT2D eigenvalue weighted by Gasteiger charge is 2.17. The van der Waals surface area contributed by atoms with Crippen LogP contribution in [0.5, 0.6) is 0 Å². The lowest BCUT2D eigenvalue weighted by Crippen LogP contribution is -2.24. The van der Waals surface area contributed by atoms with Gasteiger partial charge in [0, 0.05) is 22.8 Å². The molecule has 0 aliphatic rings. The van der Waals surface area contributed by atoms with E-state index in [1.807, 2.05) is 0 Å². The zero-order valence-electron chi connectivity index (χ0n) is 11.8. The zero-order valence-corrected chi connectivity index (χ0v) is 14.2. The first kappa shape index (κ1) is 15.8. The van der Waals surface area contributed by atoms with Crippen LogP contribution in [0.3, 0.4) is 0 Å². The summed E-state index contributed by atoms with van der Waals surface area (Å²) in [5.74, 6) is 0.528. The molecule has 0 radical (unpaired) electrons. The third kappa shape index (κ3) is 3.46. The van der Waals surface area contributed by atoms with E-state index >= 15 is 0 Å². The average Bonchev–Trinajstić information content (AvgIpc) is 3.08. The maximum Gasteiger partial charge on any atom is 0.241 e. The summed E-state index contributed by atoms with van der Waals surface area (Å²) in [6.07, 6.45) is 4.51. The largest absolute Gasteiger partial charge is 0.241 e. The number of sulfonamides is 1. The molecule has 0 aliphatic carbocycles. The Kier molecular flexibility index (Phi) is 4.51. The van der Waals surface area contributed by atoms with Gasteiger partial charge < -0.3 is 0 Å². The first-order chi connectivity index (χ1) is 11.1. The minimum absolute atomic E-state index is 0.0900. The molecule has 0 unspecified atom stereocenters. The summed E-state index contributed by atoms with van der Waals surface area (Å²) in [6, 6.07) is 10.2. The van der Waals surface area contributed by atoms with E-state index in [1.54, 1.807) is 36.5 Å². The minimum Gasteiger partial charge on any atom is -0.237 e. The molecule has 0 amide bonds. The lowest BCUT2D eigenvalue weighted by atomic mass is 10.2. The van der Waals surface area contributed by atoms with E-state index in [0.29, 0.717) is 15.9 Å². The summed E-state index contributed by atoms with van der Waals surface area (Å²) >= 11 is 3.25. The highest BCUT2D eigenvalue weighted by molar-refractivity contribution is 9.10. The molecule has 0 saturated carbocycles. The van der Waals surface area contributed by atoms with Gasteiger partial charge in [0.15, 0.2) is 5.82 Å². The molecule has 118 valence electrons. The SMILES string of the molecule is O=S(=O)(NCc1cccnc1-n1cncn1)c1ccccc1Br. The highest BCUT2D eigenvalue weighted by atomic mass is 79.9. The molecule has 1 aromatic carbocycles. The summed E-state index contributed by atoms with van der Waals surface area (Å²) < 4.78 is 29.4. The van der Waals surface area contributed by atoms with Crippen molar-refractivity contribution in [3.8, 4) is 5.82 Å². The smallest absolute Gasteiger partial charge is 0.237 e. The Bertz CT molecular complexity index is 912. The molecule has 0 aliphatic heterocycles. The summed E-state index contributed by atoms with van der Waals surface area (Å²) in [4.78, 5) is 8.29. The van der Waals surface area contributed by atoms with Crippen LogP contribution in [0.4, 0.5) is 0 Å². The van der Waals surface area contributed by atoms with Crippen LogP contribution in [0.25, 0.3) is 5.82 Å². The number of nitrogens with one attached hydrogen (secondary N) is 1. The number of aromatic nitrogens is 4. The van der Waals surface area contributed by atoms with Crippen LogP contribution < -0.4 is 4.72 Å². The van der Waals surface area contributed by atoms with Gasteiger partial charge in [0.05, 0.1) is 4.90 Å². The minimum atomic E-state index is -3.64. The van der Waals surface area contributed by atoms with Crippen molar-refractivity contribution in [1.82, 2.24) is 24.5 Å². The molecule has 0 bridgehead atoms. The number of hydrogen-bond donors (Lipinski definition) is 1. The van der Waals surface area contributed by atoms with Crippen LogP contribution >= 0.6 is 15.9 Å². The fourth-order valence-electron chi connectivity index (χ4n) is 2.01. The van der Waals surface area contributed by atoms with Crippen molar-refractivity contribution in [1.29, 1.82) is 0 Å². The van der Waals surface area contributed by atoms with Crippen LogP contribution in [0.1, 0.15) is 5.56 Å². The van der Waals surface area contributed by atoms with Crippen LogP contribution in [-0.4, -0.2) is 28.2 Å². The van der Waals surface area contributed by atoms with Crippen molar-refractivity contribution in [3.05, 3.63) is 65.3 Å². The third-order valence-corrected chi connectivity index (χ3v) is 5.50. The second-order valence-electron chi connectivity index (χ2n) is 4.58. The van der Waals surface area contributed by atoms with Crippen LogP contribution in [0, 0.1) is 0 Å². The molecule has 2 aromatic heterocycles. The zero-order chi connectivity index (χ0) is 16.3. The Balaban J connectivity index is 1.86. The molecule has 7 nitrogen and oxygen atoms in total. The topological polar surface area (TPSA) is 89.8 Å². The Morgan fingerprint density at radius 2 is 2.00 bits per heavy atom. The Morgan fingerprint density at radius 3 is 2.74 bits per heavy atom. The van der Waals surface area contributed by atoms with E-state index in [9.17, 15) is 8.42 Å². The van der Waals surface area contributed by atoms with Gasteiger partial charge in [0.2, 0.25) is 10.0 Å². The van der Waals surface area contributed by atoms with E-state index in [2.05, 4.69) is 35.7 Å². The van der Waals surface area contributed by atoms with Gasteiger partial charge in [-0.25, -0.2) is 27.8 Å². The molecule has 0 fully saturated rings. The van der Waals surface area contributed by atoms with Crippen molar-refractivity contribution >= 4 is 26.0 Å². The second kappa shape index (κ2) is 6.57. The van der Waals surface area contributed by atoms with Gasteiger partial charge in [-0.2, -0.15) is 5.10 Å². The third-order valence-electron chi connectivity index (χ3n) is 3.08. The van der Waals surface area contributed by atoms with E-state index in [1.165, 1.54) is 23.4 Å². The van der Waals surface area contributed by atoms with Crippen molar-refractivity contribution in [3.63, 3.8) is 0 Å². The number of nitrogens with zero attached hydrogens (tertiary/aromatic N) is 4. The molecule has 3 aromatic rings. The van der Waals surface area contributed by atoms with Crippen LogP contribution in [0.15, 0.2) is 64.6 Å². The maximum atomic E-state index is 12.4. The van der Waals surface area contributed by atoms with Gasteiger partial charge in [-0.3, -0.25) is 0 Å². The molecule has 23 heavy (non-hydrogen) atoms. The molecule has 9 heteroatoms. The maximum absolute atomic E-state index is 12.4. The van der Waals surface area contributed by atoms with Gasteiger partial charge in [-0.1, -0.05) is 18.2 Å². The quantitative estimate of drug-likeness (QED) is 0.714. The first-order valence-electron chi connectivity index (χ1n) is 6.61. The number of rotatable bonds is 5. The Morgan fingerprint density at radius 1 is 1.17 bits per heavy atom. The van der Waals surface area contributed by atoms with Gasteiger partial charge in [-0.15, -0.1) is 0 Å². The standard InChI is InChI=1S/C14H12BrN5O2S/c15-12-5-1-2-6-13(12)23(21,22)19-8-11-4-3-7-17-14(11)20-10-16-9-18-20/h1-7,9-10,19H,8H2. The predicted molar refractivity (Wildman–Crippen MR) is 87.3 cm³/mol. The lowest BCUT2D eigenvalue weighted by Gasteiger charge is -2.10. The molecule has 3 rings (SSSR count). The van der Waals surface area contributed by atoms with Crippen LogP contribution in [0.2, 0.25) is 0 Å². The number of hydrogen-bond acceptors (Lipinski definition) is 5. The molecular weight excluding hydrogens is 382 g/mol. The highest BCUT2D eigenvalue weighted by Crippen LogP contribution is 2.21. The second-order valence-corrected chi connectivity index (χ2v) is 7.17. The van der Waals surface area contributed by atoms with Crippen molar-refractivity contribution in [2.24, 2.45) is 0 Å². The Labute approximate surface area is 141 Å². The normalized spacial score (nSPS) is 11.5. The van der Waals surface area contributed by atoms with Crippen molar-refractivity contribution in [2.75, 3.05) is 0 Å². The van der Waals surface area contributed by atoms with Gasteiger partial charge in [-0.05, 0) is 34.1 Å². The molecule has 2 heterocycles. The molecule has 0 saturated heterocycles. The fourth-order valence-corrected chi connectivity index (χ4v) is 4.01. The number of benzene rings is 1. The molecular formula is C14H12BrN5O2S. The van der Waals surface area contributed by atoms with Crippen LogP contribution in [-0.2, 0) is 16.6 Å². The lowest BCUT2D eigenvalue weighted by molar-refractivity contribution is 0.580. The molecule has 0 spiro atoms. The van der Waals surface area contributed by atoms with Crippen molar-refractivity contribution < 1.29 is 8.42 Å². The van der Waals surface area contributed by atoms with Crippen molar-refractivity contribution in [2.45, 2.75) is 11.4 Å². The van der Waals surface area contributed by atoms with E-state index in [-0.39, 0.29) is 11.4 Å². The number of halogens is 1. The summed E-state index contributed by atoms with van der Waals surface area (Å²) in [6.45, 7) is 0.0900. The van der Waals surface area contributed by atoms with Gasteiger partial charge in [0.1, 0.15) is 12.7 Å². The Hall–Kier alpha value is -2.10. The predicted octanol–water partition coefficient (Wildman–Crippen LogP) is 1.90. The molecule has 1 N–H and O–H groups in total. The first-order valence-corrected chi connectivity index (χ1v) is 8.88. The summed E-state index contributed by atoms with van der Waals surface area (Å²) in [5, 5.41) is 4.02. The average molecular weight is 394 g/mol. The van der Waals surface area contributed by atoms with E-state index < -0.39 is 10.0 Å². The van der Waals surface area contributed by atoms with Gasteiger partial charge in [0.25, 0.3) is 0 Å². The monoisotopic (exact) mass is 393 g/mol. The fraction of sp³-hybridized carbons (Fsp3) is 0.0714. The summed E-state index contributed by atoms with van der Waals surface area (Å²) in [5.41, 5.74) is 0.689. The molecule has 0 atom stereocenters. The van der Waals surface area contributed by atoms with Gasteiger partial charge >= 0.3 is 0 Å². The summed E-state index contributed by atoms with van der Waals surface area (Å²) in [7, 11) is -3.64. The number of pyridine rings is 1. The van der Waals surface area contributed by atoms with E-state index in [0.717, 1.165) is 0 Å². The van der Waals surface area contributed by atoms with E-state index in [4.69, 9.17) is 0 Å².